The van der Waals surface area contributed by atoms with E-state index in [1.54, 1.807) is 13.0 Å². The molecule has 0 bridgehead atoms. The smallest absolute Gasteiger partial charge is 0.331 e. The molecular formula is C22H23N3O3. The molecule has 0 radical (unpaired) electrons. The van der Waals surface area contributed by atoms with Crippen LogP contribution in [-0.2, 0) is 9.53 Å². The van der Waals surface area contributed by atoms with Crippen molar-refractivity contribution in [3.8, 4) is 11.5 Å². The zero-order chi connectivity index (χ0) is 19.7. The predicted octanol–water partition coefficient (Wildman–Crippen LogP) is 4.81. The monoisotopic (exact) mass is 377 g/mol. The molecular weight excluding hydrogens is 354 g/mol. The Hall–Kier alpha value is -3.15. The van der Waals surface area contributed by atoms with Crippen molar-refractivity contribution in [2.24, 2.45) is 0 Å². The fourth-order valence-electron chi connectivity index (χ4n) is 3.38. The molecule has 6 heteroatoms. The quantitative estimate of drug-likeness (QED) is 0.455. The summed E-state index contributed by atoms with van der Waals surface area (Å²) in [6.07, 6.45) is 5.09. The van der Waals surface area contributed by atoms with Gasteiger partial charge in [0.1, 0.15) is 0 Å². The van der Waals surface area contributed by atoms with Gasteiger partial charge in [-0.15, -0.1) is 10.2 Å². The van der Waals surface area contributed by atoms with E-state index >= 15 is 0 Å². The Balaban J connectivity index is 1.41. The normalized spacial score (nSPS) is 15.1. The molecule has 28 heavy (non-hydrogen) atoms. The van der Waals surface area contributed by atoms with Crippen molar-refractivity contribution in [3.05, 3.63) is 65.3 Å². The summed E-state index contributed by atoms with van der Waals surface area (Å²) in [5.41, 5.74) is 4.27. The van der Waals surface area contributed by atoms with Crippen LogP contribution in [0.15, 0.2) is 46.9 Å². The summed E-state index contributed by atoms with van der Waals surface area (Å²) in [5, 5.41) is 8.02. The summed E-state index contributed by atoms with van der Waals surface area (Å²) in [4.78, 5) is 12.2. The largest absolute Gasteiger partial charge is 0.449 e. The van der Waals surface area contributed by atoms with Gasteiger partial charge in [-0.1, -0.05) is 18.2 Å². The Morgan fingerprint density at radius 2 is 2.00 bits per heavy atom. The molecule has 6 nitrogen and oxygen atoms in total. The number of carbonyl (C=O) groups excluding carboxylic acids is 1. The number of aromatic nitrogens is 3. The highest BCUT2D eigenvalue weighted by Crippen LogP contribution is 2.38. The van der Waals surface area contributed by atoms with Crippen LogP contribution in [0, 0.1) is 13.8 Å². The molecule has 0 saturated heterocycles. The van der Waals surface area contributed by atoms with Crippen LogP contribution in [0.3, 0.4) is 0 Å². The van der Waals surface area contributed by atoms with Crippen molar-refractivity contribution < 1.29 is 13.9 Å². The molecule has 1 aliphatic rings. The first-order chi connectivity index (χ1) is 13.5. The SMILES string of the molecule is Cc1cc(/C=C/C(=O)O[C@@H](C)c2nnc(-c3ccccc3)o2)c(C)n1C1CC1. The minimum absolute atomic E-state index is 0.271. The molecule has 0 aliphatic heterocycles. The topological polar surface area (TPSA) is 70.2 Å². The Kier molecular flexibility index (Phi) is 4.86. The fourth-order valence-corrected chi connectivity index (χ4v) is 3.38. The van der Waals surface area contributed by atoms with Crippen LogP contribution in [0.2, 0.25) is 0 Å². The Bertz CT molecular complexity index is 1010. The number of benzene rings is 1. The standard InChI is InChI=1S/C22H23N3O3/c1-14-13-18(15(2)25(14)19-10-11-19)9-12-20(26)27-16(3)21-23-24-22(28-21)17-7-5-4-6-8-17/h4-9,12-13,16,19H,10-11H2,1-3H3/b12-9+/t16-/m0/s1. The Morgan fingerprint density at radius 3 is 2.71 bits per heavy atom. The third-order valence-electron chi connectivity index (χ3n) is 4.94. The molecule has 2 heterocycles. The van der Waals surface area contributed by atoms with Crippen LogP contribution >= 0.6 is 0 Å². The van der Waals surface area contributed by atoms with Gasteiger partial charge in [0.05, 0.1) is 0 Å². The van der Waals surface area contributed by atoms with Gasteiger partial charge < -0.3 is 13.7 Å². The second-order valence-corrected chi connectivity index (χ2v) is 7.15. The lowest BCUT2D eigenvalue weighted by atomic mass is 10.2. The third-order valence-corrected chi connectivity index (χ3v) is 4.94. The molecule has 1 fully saturated rings. The summed E-state index contributed by atoms with van der Waals surface area (Å²) in [6, 6.07) is 12.2. The minimum Gasteiger partial charge on any atom is -0.449 e. The van der Waals surface area contributed by atoms with Gasteiger partial charge in [0.2, 0.25) is 5.89 Å². The van der Waals surface area contributed by atoms with E-state index in [1.165, 1.54) is 30.3 Å². The number of carbonyl (C=O) groups is 1. The van der Waals surface area contributed by atoms with Crippen LogP contribution in [0.25, 0.3) is 17.5 Å². The van der Waals surface area contributed by atoms with E-state index in [9.17, 15) is 4.79 Å². The lowest BCUT2D eigenvalue weighted by molar-refractivity contribution is -0.143. The lowest BCUT2D eigenvalue weighted by Gasteiger charge is -2.07. The number of ether oxygens (including phenoxy) is 1. The Morgan fingerprint density at radius 1 is 1.25 bits per heavy atom. The summed E-state index contributed by atoms with van der Waals surface area (Å²) >= 11 is 0. The van der Waals surface area contributed by atoms with Gasteiger partial charge in [-0.25, -0.2) is 4.79 Å². The zero-order valence-corrected chi connectivity index (χ0v) is 16.3. The van der Waals surface area contributed by atoms with Crippen molar-refractivity contribution >= 4 is 12.0 Å². The second kappa shape index (κ2) is 7.46. The molecule has 1 aliphatic carbocycles. The molecule has 0 spiro atoms. The van der Waals surface area contributed by atoms with Crippen LogP contribution < -0.4 is 0 Å². The number of hydrogen-bond acceptors (Lipinski definition) is 5. The van der Waals surface area contributed by atoms with E-state index in [1.807, 2.05) is 30.3 Å². The summed E-state index contributed by atoms with van der Waals surface area (Å²) in [7, 11) is 0. The van der Waals surface area contributed by atoms with Crippen LogP contribution in [-0.4, -0.2) is 20.7 Å². The summed E-state index contributed by atoms with van der Waals surface area (Å²) in [6.45, 7) is 5.90. The van der Waals surface area contributed by atoms with Crippen molar-refractivity contribution in [1.29, 1.82) is 0 Å². The Labute approximate surface area is 163 Å². The van der Waals surface area contributed by atoms with E-state index in [0.717, 1.165) is 11.1 Å². The van der Waals surface area contributed by atoms with Crippen LogP contribution in [0.1, 0.15) is 54.8 Å². The third kappa shape index (κ3) is 3.76. The molecule has 0 unspecified atom stereocenters. The van der Waals surface area contributed by atoms with E-state index in [0.29, 0.717) is 11.9 Å². The van der Waals surface area contributed by atoms with Crippen molar-refractivity contribution in [2.75, 3.05) is 0 Å². The molecule has 144 valence electrons. The van der Waals surface area contributed by atoms with Gasteiger partial charge in [-0.2, -0.15) is 0 Å². The van der Waals surface area contributed by atoms with Crippen molar-refractivity contribution in [1.82, 2.24) is 14.8 Å². The first kappa shape index (κ1) is 18.2. The molecule has 0 amide bonds. The molecule has 3 aromatic rings. The van der Waals surface area contributed by atoms with E-state index in [2.05, 4.69) is 34.7 Å². The summed E-state index contributed by atoms with van der Waals surface area (Å²) in [5.74, 6) is 0.234. The van der Waals surface area contributed by atoms with Gasteiger partial charge in [0.25, 0.3) is 5.89 Å². The number of aryl methyl sites for hydroxylation is 1. The van der Waals surface area contributed by atoms with Gasteiger partial charge in [-0.3, -0.25) is 0 Å². The zero-order valence-electron chi connectivity index (χ0n) is 16.3. The highest BCUT2D eigenvalue weighted by Gasteiger charge is 2.26. The number of nitrogens with zero attached hydrogens (tertiary/aromatic N) is 3. The van der Waals surface area contributed by atoms with E-state index in [-0.39, 0.29) is 5.89 Å². The molecule has 1 aromatic carbocycles. The molecule has 0 N–H and O–H groups in total. The maximum atomic E-state index is 12.2. The van der Waals surface area contributed by atoms with Gasteiger partial charge in [0, 0.05) is 29.1 Å². The van der Waals surface area contributed by atoms with Crippen LogP contribution in [0.4, 0.5) is 0 Å². The van der Waals surface area contributed by atoms with Crippen molar-refractivity contribution in [3.63, 3.8) is 0 Å². The molecule has 2 aromatic heterocycles. The number of rotatable bonds is 6. The molecule has 1 atom stereocenters. The number of hydrogen-bond donors (Lipinski definition) is 0. The molecule has 4 rings (SSSR count). The van der Waals surface area contributed by atoms with E-state index in [4.69, 9.17) is 9.15 Å². The number of esters is 1. The molecule has 1 saturated carbocycles. The maximum absolute atomic E-state index is 12.2. The fraction of sp³-hybridized carbons (Fsp3) is 0.318. The minimum atomic E-state index is -0.624. The van der Waals surface area contributed by atoms with Crippen LogP contribution in [0.5, 0.6) is 0 Å². The lowest BCUT2D eigenvalue weighted by Crippen LogP contribution is -2.06. The van der Waals surface area contributed by atoms with Gasteiger partial charge in [0.15, 0.2) is 6.10 Å². The maximum Gasteiger partial charge on any atom is 0.331 e. The highest BCUT2D eigenvalue weighted by atomic mass is 16.6. The van der Waals surface area contributed by atoms with E-state index < -0.39 is 12.1 Å². The van der Waals surface area contributed by atoms with Crippen molar-refractivity contribution in [2.45, 2.75) is 45.8 Å². The second-order valence-electron chi connectivity index (χ2n) is 7.15. The first-order valence-electron chi connectivity index (χ1n) is 9.49. The van der Waals surface area contributed by atoms with Gasteiger partial charge >= 0.3 is 5.97 Å². The summed E-state index contributed by atoms with van der Waals surface area (Å²) < 4.78 is 13.4. The average Bonchev–Trinajstić information content (AvgIpc) is 3.30. The predicted molar refractivity (Wildman–Crippen MR) is 105 cm³/mol. The van der Waals surface area contributed by atoms with Gasteiger partial charge in [-0.05, 0) is 63.5 Å². The first-order valence-corrected chi connectivity index (χ1v) is 9.49. The highest BCUT2D eigenvalue weighted by molar-refractivity contribution is 5.87. The average molecular weight is 377 g/mol.